The Labute approximate surface area is 187 Å². The van der Waals surface area contributed by atoms with Crippen LogP contribution in [-0.2, 0) is 35.5 Å². The van der Waals surface area contributed by atoms with Crippen molar-refractivity contribution >= 4 is 23.6 Å². The number of nitrogens with zero attached hydrogens (tertiary/aromatic N) is 5. The average Bonchev–Trinajstić information content (AvgIpc) is 3.50. The molecule has 0 bridgehead atoms. The Bertz CT molecular complexity index is 1050. The van der Waals surface area contributed by atoms with Crippen molar-refractivity contribution in [2.45, 2.75) is 71.2 Å². The molecule has 9 heteroatoms. The molecule has 2 aliphatic heterocycles. The maximum Gasteiger partial charge on any atom is 0.410 e. The summed E-state index contributed by atoms with van der Waals surface area (Å²) in [7, 11) is 0. The Morgan fingerprint density at radius 2 is 1.91 bits per heavy atom. The molecule has 0 radical (unpaired) electrons. The van der Waals surface area contributed by atoms with Gasteiger partial charge in [0.1, 0.15) is 18.0 Å². The van der Waals surface area contributed by atoms with Crippen molar-refractivity contribution < 1.29 is 14.3 Å². The van der Waals surface area contributed by atoms with E-state index in [1.165, 1.54) is 0 Å². The number of amides is 2. The number of rotatable bonds is 3. The van der Waals surface area contributed by atoms with Gasteiger partial charge < -0.3 is 19.9 Å². The van der Waals surface area contributed by atoms with Crippen LogP contribution in [0.1, 0.15) is 50.4 Å². The lowest BCUT2D eigenvalue weighted by molar-refractivity contribution is -0.132. The van der Waals surface area contributed by atoms with Crippen LogP contribution in [0.25, 0.3) is 0 Å². The fourth-order valence-electron chi connectivity index (χ4n) is 4.33. The number of ether oxygens (including phenoxy) is 1. The van der Waals surface area contributed by atoms with Crippen molar-refractivity contribution in [3.63, 3.8) is 0 Å². The smallest absolute Gasteiger partial charge is 0.410 e. The molecule has 2 aromatic heterocycles. The molecule has 1 saturated carbocycles. The molecule has 1 N–H and O–H groups in total. The largest absolute Gasteiger partial charge is 0.444 e. The third-order valence-corrected chi connectivity index (χ3v) is 6.07. The van der Waals surface area contributed by atoms with Crippen LogP contribution in [0.3, 0.4) is 0 Å². The van der Waals surface area contributed by atoms with Gasteiger partial charge in [-0.2, -0.15) is 5.10 Å². The van der Waals surface area contributed by atoms with E-state index in [1.54, 1.807) is 9.58 Å². The van der Waals surface area contributed by atoms with Crippen molar-refractivity contribution in [2.75, 3.05) is 18.4 Å². The molecule has 1 fully saturated rings. The number of nitrogens with one attached hydrogen (secondary N) is 1. The molecule has 0 aromatic carbocycles. The molecule has 0 saturated heterocycles. The fraction of sp³-hybridized carbons (Fsp3) is 0.565. The van der Waals surface area contributed by atoms with Gasteiger partial charge in [0.25, 0.3) is 0 Å². The predicted molar refractivity (Wildman–Crippen MR) is 119 cm³/mol. The summed E-state index contributed by atoms with van der Waals surface area (Å²) in [4.78, 5) is 33.3. The van der Waals surface area contributed by atoms with E-state index in [-0.39, 0.29) is 18.5 Å². The highest BCUT2D eigenvalue weighted by Crippen LogP contribution is 2.29. The van der Waals surface area contributed by atoms with Gasteiger partial charge in [0.15, 0.2) is 5.82 Å². The van der Waals surface area contributed by atoms with Gasteiger partial charge in [-0.25, -0.2) is 9.78 Å². The van der Waals surface area contributed by atoms with Crippen molar-refractivity contribution in [2.24, 2.45) is 0 Å². The minimum absolute atomic E-state index is 0.148. The van der Waals surface area contributed by atoms with E-state index in [9.17, 15) is 9.59 Å². The third-order valence-electron chi connectivity index (χ3n) is 6.07. The van der Waals surface area contributed by atoms with Gasteiger partial charge in [-0.1, -0.05) is 0 Å². The highest BCUT2D eigenvalue weighted by molar-refractivity contribution is 5.77. The summed E-state index contributed by atoms with van der Waals surface area (Å²) in [6.07, 6.45) is 5.37. The Morgan fingerprint density at radius 3 is 2.66 bits per heavy atom. The topological polar surface area (TPSA) is 92.6 Å². The van der Waals surface area contributed by atoms with Crippen molar-refractivity contribution in [3.8, 4) is 0 Å². The number of hydrogen-bond acceptors (Lipinski definition) is 6. The van der Waals surface area contributed by atoms with Gasteiger partial charge in [-0.3, -0.25) is 9.48 Å². The van der Waals surface area contributed by atoms with Gasteiger partial charge in [-0.15, -0.1) is 0 Å². The molecule has 4 heterocycles. The lowest BCUT2D eigenvalue weighted by atomic mass is 10.0. The van der Waals surface area contributed by atoms with E-state index in [4.69, 9.17) is 4.74 Å². The first kappa shape index (κ1) is 20.8. The van der Waals surface area contributed by atoms with Crippen LogP contribution in [-0.4, -0.2) is 61.3 Å². The first-order valence-electron chi connectivity index (χ1n) is 11.3. The Morgan fingerprint density at radius 1 is 1.09 bits per heavy atom. The first-order valence-corrected chi connectivity index (χ1v) is 11.3. The summed E-state index contributed by atoms with van der Waals surface area (Å²) in [5.74, 6) is 1.50. The second-order valence-corrected chi connectivity index (χ2v) is 9.86. The summed E-state index contributed by atoms with van der Waals surface area (Å²) < 4.78 is 7.32. The fourth-order valence-corrected chi connectivity index (χ4v) is 4.33. The van der Waals surface area contributed by atoms with E-state index in [0.717, 1.165) is 49.0 Å². The third kappa shape index (κ3) is 4.42. The summed E-state index contributed by atoms with van der Waals surface area (Å²) in [5, 5.41) is 7.87. The van der Waals surface area contributed by atoms with Crippen LogP contribution in [0.4, 0.5) is 16.4 Å². The van der Waals surface area contributed by atoms with Crippen LogP contribution in [0, 0.1) is 0 Å². The minimum Gasteiger partial charge on any atom is -0.444 e. The van der Waals surface area contributed by atoms with E-state index in [0.29, 0.717) is 30.8 Å². The zero-order valence-corrected chi connectivity index (χ0v) is 18.9. The summed E-state index contributed by atoms with van der Waals surface area (Å²) in [6, 6.07) is 4.40. The van der Waals surface area contributed by atoms with Gasteiger partial charge in [0.2, 0.25) is 5.91 Å². The Hall–Kier alpha value is -3.10. The molecule has 3 aliphatic rings. The van der Waals surface area contributed by atoms with E-state index in [2.05, 4.69) is 15.4 Å². The molecular weight excluding hydrogens is 408 g/mol. The molecule has 2 amide bonds. The number of hydrogen-bond donors (Lipinski definition) is 1. The molecule has 32 heavy (non-hydrogen) atoms. The normalized spacial score (nSPS) is 18.7. The van der Waals surface area contributed by atoms with Crippen LogP contribution in [0.15, 0.2) is 18.3 Å². The molecule has 170 valence electrons. The van der Waals surface area contributed by atoms with Crippen molar-refractivity contribution in [1.29, 1.82) is 0 Å². The molecule has 1 aliphatic carbocycles. The molecule has 2 aromatic rings. The number of carbonyl (C=O) groups is 2. The highest BCUT2D eigenvalue weighted by atomic mass is 16.6. The van der Waals surface area contributed by atoms with Crippen LogP contribution in [0.2, 0.25) is 0 Å². The van der Waals surface area contributed by atoms with Gasteiger partial charge in [0, 0.05) is 50.1 Å². The second-order valence-electron chi connectivity index (χ2n) is 9.86. The van der Waals surface area contributed by atoms with Crippen LogP contribution >= 0.6 is 0 Å². The van der Waals surface area contributed by atoms with E-state index >= 15 is 0 Å². The maximum atomic E-state index is 12.5. The number of anilines is 2. The number of carbonyl (C=O) groups excluding carboxylic acids is 2. The zero-order chi connectivity index (χ0) is 22.5. The lowest BCUT2D eigenvalue weighted by Crippen LogP contribution is -2.39. The van der Waals surface area contributed by atoms with E-state index < -0.39 is 5.60 Å². The Balaban J connectivity index is 1.27. The predicted octanol–water partition coefficient (Wildman–Crippen LogP) is 2.86. The molecule has 0 atom stereocenters. The van der Waals surface area contributed by atoms with Gasteiger partial charge in [-0.05, 0) is 57.2 Å². The standard InChI is InChI=1S/C23H30N6O3/c1-23(2,3)32-22(31)27-8-6-15-12-24-19(10-16(15)13-27)25-20-11-18-7-9-28(17-4-5-17)21(30)14-29(18)26-20/h10-12,17H,4-9,13-14H2,1-3H3,(H,24,25,26). The minimum atomic E-state index is -0.515. The molecule has 5 rings (SSSR count). The summed E-state index contributed by atoms with van der Waals surface area (Å²) in [5.41, 5.74) is 2.73. The molecular formula is C23H30N6O3. The molecule has 0 spiro atoms. The molecule has 0 unspecified atom stereocenters. The van der Waals surface area contributed by atoms with Gasteiger partial charge >= 0.3 is 6.09 Å². The highest BCUT2D eigenvalue weighted by Gasteiger charge is 2.34. The number of fused-ring (bicyclic) bond motifs is 2. The second kappa shape index (κ2) is 7.79. The average molecular weight is 439 g/mol. The Kier molecular flexibility index (Phi) is 5.06. The van der Waals surface area contributed by atoms with Crippen molar-refractivity contribution in [3.05, 3.63) is 35.2 Å². The van der Waals surface area contributed by atoms with E-state index in [1.807, 2.05) is 44.0 Å². The molecule has 9 nitrogen and oxygen atoms in total. The monoisotopic (exact) mass is 438 g/mol. The maximum absolute atomic E-state index is 12.5. The quantitative estimate of drug-likeness (QED) is 0.792. The van der Waals surface area contributed by atoms with Crippen LogP contribution in [0.5, 0.6) is 0 Å². The van der Waals surface area contributed by atoms with Crippen LogP contribution < -0.4 is 5.32 Å². The van der Waals surface area contributed by atoms with Gasteiger partial charge in [0.05, 0.1) is 0 Å². The number of aromatic nitrogens is 3. The number of pyridine rings is 1. The van der Waals surface area contributed by atoms with Crippen molar-refractivity contribution in [1.82, 2.24) is 24.6 Å². The zero-order valence-electron chi connectivity index (χ0n) is 18.9. The summed E-state index contributed by atoms with van der Waals surface area (Å²) >= 11 is 0. The SMILES string of the molecule is CC(C)(C)OC(=O)N1CCc2cnc(Nc3cc4n(n3)CC(=O)N(C3CC3)CC4)cc2C1. The lowest BCUT2D eigenvalue weighted by Gasteiger charge is -2.31. The summed E-state index contributed by atoms with van der Waals surface area (Å²) in [6.45, 7) is 7.78. The first-order chi connectivity index (χ1) is 15.2.